The predicted molar refractivity (Wildman–Crippen MR) is 83.4 cm³/mol. The predicted octanol–water partition coefficient (Wildman–Crippen LogP) is 4.27. The first-order valence-corrected chi connectivity index (χ1v) is 9.27. The van der Waals surface area contributed by atoms with Gasteiger partial charge in [0.2, 0.25) is 5.91 Å². The normalized spacial score (nSPS) is 30.7. The smallest absolute Gasteiger partial charge is 0.223 e. The molecule has 0 heterocycles. The van der Waals surface area contributed by atoms with Crippen LogP contribution in [0.1, 0.15) is 64.2 Å². The van der Waals surface area contributed by atoms with Gasteiger partial charge >= 0.3 is 0 Å². The molecule has 2 rings (SSSR count). The maximum absolute atomic E-state index is 12.2. The summed E-state index contributed by atoms with van der Waals surface area (Å²) >= 11 is 3.44. The summed E-state index contributed by atoms with van der Waals surface area (Å²) in [6.07, 6.45) is 12.7. The van der Waals surface area contributed by atoms with Crippen molar-refractivity contribution >= 4 is 21.8 Å². The van der Waals surface area contributed by atoms with Crippen LogP contribution in [0.25, 0.3) is 0 Å². The van der Waals surface area contributed by atoms with Gasteiger partial charge in [0.05, 0.1) is 0 Å². The lowest BCUT2D eigenvalue weighted by atomic mass is 9.67. The summed E-state index contributed by atoms with van der Waals surface area (Å²) in [4.78, 5) is 12.2. The van der Waals surface area contributed by atoms with Crippen molar-refractivity contribution in [2.45, 2.75) is 64.2 Å². The van der Waals surface area contributed by atoms with E-state index >= 15 is 0 Å². The van der Waals surface area contributed by atoms with Crippen LogP contribution >= 0.6 is 15.9 Å². The van der Waals surface area contributed by atoms with Gasteiger partial charge in [-0.25, -0.2) is 0 Å². The van der Waals surface area contributed by atoms with Crippen LogP contribution in [0.3, 0.4) is 0 Å². The van der Waals surface area contributed by atoms with Crippen molar-refractivity contribution in [3.63, 3.8) is 0 Å². The van der Waals surface area contributed by atoms with E-state index < -0.39 is 0 Å². The van der Waals surface area contributed by atoms with Crippen LogP contribution in [0.4, 0.5) is 0 Å². The summed E-state index contributed by atoms with van der Waals surface area (Å²) in [6.45, 7) is 0.871. The molecule has 2 nitrogen and oxygen atoms in total. The molecule has 0 aromatic heterocycles. The van der Waals surface area contributed by atoms with Crippen molar-refractivity contribution in [3.8, 4) is 0 Å². The van der Waals surface area contributed by atoms with Gasteiger partial charge in [0.1, 0.15) is 0 Å². The lowest BCUT2D eigenvalue weighted by Gasteiger charge is -2.38. The lowest BCUT2D eigenvalue weighted by Crippen LogP contribution is -2.37. The second-order valence-corrected chi connectivity index (χ2v) is 7.15. The number of amides is 1. The highest BCUT2D eigenvalue weighted by Crippen LogP contribution is 2.42. The molecule has 3 unspecified atom stereocenters. The zero-order valence-corrected chi connectivity index (χ0v) is 13.6. The highest BCUT2D eigenvalue weighted by atomic mass is 79.9. The second-order valence-electron chi connectivity index (χ2n) is 6.36. The minimum Gasteiger partial charge on any atom is -0.356 e. The van der Waals surface area contributed by atoms with Crippen molar-refractivity contribution < 1.29 is 4.79 Å². The largest absolute Gasteiger partial charge is 0.356 e. The summed E-state index contributed by atoms with van der Waals surface area (Å²) in [7, 11) is 0. The zero-order chi connectivity index (χ0) is 13.5. The number of rotatable bonds is 6. The van der Waals surface area contributed by atoms with E-state index in [0.717, 1.165) is 43.0 Å². The highest BCUT2D eigenvalue weighted by molar-refractivity contribution is 9.09. The number of hydrogen-bond donors (Lipinski definition) is 1. The highest BCUT2D eigenvalue weighted by Gasteiger charge is 2.34. The first-order chi connectivity index (χ1) is 9.31. The van der Waals surface area contributed by atoms with Gasteiger partial charge in [-0.2, -0.15) is 0 Å². The van der Waals surface area contributed by atoms with E-state index in [1.807, 2.05) is 0 Å². The molecule has 3 atom stereocenters. The molecule has 0 saturated heterocycles. The van der Waals surface area contributed by atoms with Gasteiger partial charge < -0.3 is 5.32 Å². The van der Waals surface area contributed by atoms with Gasteiger partial charge in [0.25, 0.3) is 0 Å². The standard InChI is InChI=1S/C16H28BrNO/c17-10-4-1-5-11-18-16(19)15-9-8-13-6-2-3-7-14(13)12-15/h13-15H,1-12H2,(H,18,19). The molecule has 0 aromatic carbocycles. The van der Waals surface area contributed by atoms with Gasteiger partial charge in [0, 0.05) is 17.8 Å². The van der Waals surface area contributed by atoms with E-state index in [1.54, 1.807) is 0 Å². The van der Waals surface area contributed by atoms with E-state index in [1.165, 1.54) is 44.9 Å². The third kappa shape index (κ3) is 4.77. The first-order valence-electron chi connectivity index (χ1n) is 8.15. The first kappa shape index (κ1) is 15.3. The van der Waals surface area contributed by atoms with E-state index in [0.29, 0.717) is 11.8 Å². The third-order valence-electron chi connectivity index (χ3n) is 5.02. The third-order valence-corrected chi connectivity index (χ3v) is 5.58. The molecule has 1 N–H and O–H groups in total. The number of hydrogen-bond acceptors (Lipinski definition) is 1. The van der Waals surface area contributed by atoms with Crippen molar-refractivity contribution in [2.75, 3.05) is 11.9 Å². The maximum atomic E-state index is 12.2. The molecular weight excluding hydrogens is 302 g/mol. The lowest BCUT2D eigenvalue weighted by molar-refractivity contribution is -0.127. The van der Waals surface area contributed by atoms with Gasteiger partial charge in [-0.15, -0.1) is 0 Å². The van der Waals surface area contributed by atoms with E-state index in [-0.39, 0.29) is 0 Å². The topological polar surface area (TPSA) is 29.1 Å². The molecule has 0 radical (unpaired) electrons. The van der Waals surface area contributed by atoms with Crippen molar-refractivity contribution in [2.24, 2.45) is 17.8 Å². The number of halogens is 1. The van der Waals surface area contributed by atoms with Crippen LogP contribution in [0.2, 0.25) is 0 Å². The summed E-state index contributed by atoms with van der Waals surface area (Å²) in [5.74, 6) is 2.45. The molecule has 0 aromatic rings. The Hall–Kier alpha value is -0.0500. The minimum atomic E-state index is 0.315. The molecule has 2 fully saturated rings. The summed E-state index contributed by atoms with van der Waals surface area (Å²) in [6, 6.07) is 0. The summed E-state index contributed by atoms with van der Waals surface area (Å²) in [5, 5.41) is 4.23. The Bertz CT molecular complexity index is 282. The fourth-order valence-corrected chi connectivity index (χ4v) is 4.26. The molecule has 2 saturated carbocycles. The molecule has 0 spiro atoms. The molecule has 0 bridgehead atoms. The van der Waals surface area contributed by atoms with Gasteiger partial charge in [0.15, 0.2) is 0 Å². The van der Waals surface area contributed by atoms with Crippen LogP contribution < -0.4 is 5.32 Å². The van der Waals surface area contributed by atoms with Crippen molar-refractivity contribution in [1.29, 1.82) is 0 Å². The van der Waals surface area contributed by atoms with Gasteiger partial charge in [-0.3, -0.25) is 4.79 Å². The average molecular weight is 330 g/mol. The molecule has 19 heavy (non-hydrogen) atoms. The van der Waals surface area contributed by atoms with Crippen LogP contribution in [0, 0.1) is 17.8 Å². The monoisotopic (exact) mass is 329 g/mol. The number of nitrogens with one attached hydrogen (secondary N) is 1. The van der Waals surface area contributed by atoms with Crippen molar-refractivity contribution in [3.05, 3.63) is 0 Å². The fourth-order valence-electron chi connectivity index (χ4n) is 3.86. The van der Waals surface area contributed by atoms with Gasteiger partial charge in [-0.05, 0) is 43.9 Å². The van der Waals surface area contributed by atoms with E-state index in [4.69, 9.17) is 0 Å². The Kier molecular flexibility index (Phi) is 6.69. The Morgan fingerprint density at radius 3 is 2.58 bits per heavy atom. The molecule has 0 aliphatic heterocycles. The Labute approximate surface area is 126 Å². The SMILES string of the molecule is O=C(NCCCCCBr)C1CCC2CCCCC2C1. The molecule has 110 valence electrons. The molecule has 3 heteroatoms. The van der Waals surface area contributed by atoms with Gasteiger partial charge in [-0.1, -0.05) is 48.0 Å². The number of unbranched alkanes of at least 4 members (excludes halogenated alkanes) is 2. The molecule has 1 amide bonds. The van der Waals surface area contributed by atoms with Crippen LogP contribution in [-0.4, -0.2) is 17.8 Å². The second kappa shape index (κ2) is 8.28. The summed E-state index contributed by atoms with van der Waals surface area (Å²) < 4.78 is 0. The Morgan fingerprint density at radius 2 is 1.79 bits per heavy atom. The average Bonchev–Trinajstić information content (AvgIpc) is 2.46. The van der Waals surface area contributed by atoms with E-state index in [9.17, 15) is 4.79 Å². The molecule has 2 aliphatic rings. The Balaban J connectivity index is 1.65. The summed E-state index contributed by atoms with van der Waals surface area (Å²) in [5.41, 5.74) is 0. The van der Waals surface area contributed by atoms with E-state index in [2.05, 4.69) is 21.2 Å². The number of fused-ring (bicyclic) bond motifs is 1. The molecule has 2 aliphatic carbocycles. The molecular formula is C16H28BrNO. The van der Waals surface area contributed by atoms with Crippen LogP contribution in [0.15, 0.2) is 0 Å². The van der Waals surface area contributed by atoms with Crippen LogP contribution in [0.5, 0.6) is 0 Å². The number of carbonyl (C=O) groups excluding carboxylic acids is 1. The number of carbonyl (C=O) groups is 1. The minimum absolute atomic E-state index is 0.315. The Morgan fingerprint density at radius 1 is 1.00 bits per heavy atom. The quantitative estimate of drug-likeness (QED) is 0.572. The van der Waals surface area contributed by atoms with Crippen LogP contribution in [-0.2, 0) is 4.79 Å². The zero-order valence-electron chi connectivity index (χ0n) is 12.0. The van der Waals surface area contributed by atoms with Crippen molar-refractivity contribution in [1.82, 2.24) is 5.32 Å². The maximum Gasteiger partial charge on any atom is 0.223 e. The fraction of sp³-hybridized carbons (Fsp3) is 0.938. The number of alkyl halides is 1.